The molecule has 1 atom stereocenters. The van der Waals surface area contributed by atoms with Crippen molar-refractivity contribution in [3.05, 3.63) is 72.9 Å². The van der Waals surface area contributed by atoms with Gasteiger partial charge in [-0.15, -0.1) is 0 Å². The number of carbonyl (C=O) groups is 3. The van der Waals surface area contributed by atoms with Gasteiger partial charge in [-0.25, -0.2) is 0 Å². The maximum absolute atomic E-state index is 12.8. The Balaban J connectivity index is 4.40. The smallest absolute Gasteiger partial charge is 0.306 e. The Morgan fingerprint density at radius 3 is 1.14 bits per heavy atom. The Labute approximate surface area is 389 Å². The zero-order chi connectivity index (χ0) is 45.8. The van der Waals surface area contributed by atoms with E-state index in [4.69, 9.17) is 14.2 Å². The number of rotatable bonds is 47. The lowest BCUT2D eigenvalue weighted by molar-refractivity contribution is -0.167. The summed E-state index contributed by atoms with van der Waals surface area (Å²) in [4.78, 5) is 38.0. The van der Waals surface area contributed by atoms with E-state index in [0.29, 0.717) is 19.3 Å². The normalized spacial score (nSPS) is 12.6. The minimum Gasteiger partial charge on any atom is -0.462 e. The highest BCUT2D eigenvalue weighted by Crippen LogP contribution is 2.15. The molecule has 0 aromatic carbocycles. The summed E-state index contributed by atoms with van der Waals surface area (Å²) in [6.07, 6.45) is 64.6. The SMILES string of the molecule is CC\C=C/C=C\C=C/CCCCCCCC(=O)OCC(COC(=O)CCCCCCC/C=C\CCCCCCCCCCC)OC(=O)CCCCCCCCC/C=C\C/C=C\CC. The molecular weight excluding hydrogens is 781 g/mol. The predicted octanol–water partition coefficient (Wildman–Crippen LogP) is 17.4. The third kappa shape index (κ3) is 49.7. The Bertz CT molecular complexity index is 1190. The number of allylic oxidation sites excluding steroid dienone is 12. The number of unbranched alkanes of at least 4 members (excludes halogenated alkanes) is 26. The van der Waals surface area contributed by atoms with Gasteiger partial charge in [0.2, 0.25) is 0 Å². The van der Waals surface area contributed by atoms with Crippen molar-refractivity contribution in [2.24, 2.45) is 0 Å². The van der Waals surface area contributed by atoms with Crippen LogP contribution in [0.15, 0.2) is 72.9 Å². The van der Waals surface area contributed by atoms with Gasteiger partial charge in [-0.2, -0.15) is 0 Å². The molecule has 6 heteroatoms. The first kappa shape index (κ1) is 59.9. The molecule has 362 valence electrons. The molecule has 0 aliphatic heterocycles. The largest absolute Gasteiger partial charge is 0.462 e. The van der Waals surface area contributed by atoms with Crippen LogP contribution in [0.3, 0.4) is 0 Å². The van der Waals surface area contributed by atoms with Crippen molar-refractivity contribution >= 4 is 17.9 Å². The molecule has 0 spiro atoms. The molecule has 0 amide bonds. The van der Waals surface area contributed by atoms with Gasteiger partial charge in [0, 0.05) is 19.3 Å². The second kappa shape index (κ2) is 51.5. The first-order valence-corrected chi connectivity index (χ1v) is 26.5. The van der Waals surface area contributed by atoms with E-state index in [-0.39, 0.29) is 31.1 Å². The van der Waals surface area contributed by atoms with Crippen LogP contribution in [0, 0.1) is 0 Å². The highest BCUT2D eigenvalue weighted by Gasteiger charge is 2.19. The summed E-state index contributed by atoms with van der Waals surface area (Å²) in [5, 5.41) is 0. The fourth-order valence-corrected chi connectivity index (χ4v) is 7.30. The summed E-state index contributed by atoms with van der Waals surface area (Å²) in [7, 11) is 0. The van der Waals surface area contributed by atoms with Crippen LogP contribution in [0.2, 0.25) is 0 Å². The van der Waals surface area contributed by atoms with E-state index in [9.17, 15) is 14.4 Å². The number of ether oxygens (including phenoxy) is 3. The second-order valence-electron chi connectivity index (χ2n) is 17.4. The van der Waals surface area contributed by atoms with Gasteiger partial charge in [-0.1, -0.05) is 216 Å². The molecule has 63 heavy (non-hydrogen) atoms. The summed E-state index contributed by atoms with van der Waals surface area (Å²) >= 11 is 0. The Kier molecular flexibility index (Phi) is 48.9. The van der Waals surface area contributed by atoms with Gasteiger partial charge in [-0.3, -0.25) is 14.4 Å². The topological polar surface area (TPSA) is 78.9 Å². The predicted molar refractivity (Wildman–Crippen MR) is 270 cm³/mol. The zero-order valence-corrected chi connectivity index (χ0v) is 41.3. The van der Waals surface area contributed by atoms with Gasteiger partial charge < -0.3 is 14.2 Å². The van der Waals surface area contributed by atoms with Crippen LogP contribution < -0.4 is 0 Å². The average Bonchev–Trinajstić information content (AvgIpc) is 3.28. The maximum Gasteiger partial charge on any atom is 0.306 e. The number of hydrogen-bond acceptors (Lipinski definition) is 6. The van der Waals surface area contributed by atoms with Crippen molar-refractivity contribution in [2.45, 2.75) is 258 Å². The molecule has 0 rings (SSSR count). The van der Waals surface area contributed by atoms with Crippen LogP contribution >= 0.6 is 0 Å². The van der Waals surface area contributed by atoms with Crippen molar-refractivity contribution < 1.29 is 28.6 Å². The average molecular weight is 879 g/mol. The second-order valence-corrected chi connectivity index (χ2v) is 17.4. The Hall–Kier alpha value is -3.15. The van der Waals surface area contributed by atoms with Crippen LogP contribution in [0.1, 0.15) is 252 Å². The van der Waals surface area contributed by atoms with E-state index in [1.807, 2.05) is 0 Å². The third-order valence-corrected chi connectivity index (χ3v) is 11.2. The Morgan fingerprint density at radius 2 is 0.698 bits per heavy atom. The number of esters is 3. The molecule has 0 saturated carbocycles. The standard InChI is InChI=1S/C57H98O6/c1-4-7-10-13-16-19-22-25-27-28-29-30-33-35-38-41-44-47-50-56(59)62-53-54(52-61-55(58)49-46-43-40-37-34-31-24-21-18-15-12-9-6-3)63-57(60)51-48-45-42-39-36-32-26-23-20-17-14-11-8-5-2/h8-9,11-12,15,17-18,20-21,24,29-30,54H,4-7,10,13-14,16,19,22-23,25-28,31-53H2,1-3H3/b11-8-,12-9-,18-15-,20-17-,24-21-,30-29-. The maximum atomic E-state index is 12.8. The third-order valence-electron chi connectivity index (χ3n) is 11.2. The van der Waals surface area contributed by atoms with Crippen molar-refractivity contribution in [3.63, 3.8) is 0 Å². The molecule has 0 aromatic heterocycles. The minimum absolute atomic E-state index is 0.0897. The van der Waals surface area contributed by atoms with Crippen molar-refractivity contribution in [2.75, 3.05) is 13.2 Å². The highest BCUT2D eigenvalue weighted by atomic mass is 16.6. The van der Waals surface area contributed by atoms with Gasteiger partial charge in [0.1, 0.15) is 13.2 Å². The lowest BCUT2D eigenvalue weighted by Gasteiger charge is -2.18. The molecule has 0 fully saturated rings. The van der Waals surface area contributed by atoms with E-state index in [2.05, 4.69) is 93.7 Å². The van der Waals surface area contributed by atoms with E-state index in [1.165, 1.54) is 103 Å². The molecule has 0 aliphatic carbocycles. The minimum atomic E-state index is -0.791. The van der Waals surface area contributed by atoms with Crippen LogP contribution in [0.4, 0.5) is 0 Å². The van der Waals surface area contributed by atoms with Crippen molar-refractivity contribution in [1.82, 2.24) is 0 Å². The molecule has 0 radical (unpaired) electrons. The van der Waals surface area contributed by atoms with E-state index in [0.717, 1.165) is 109 Å². The van der Waals surface area contributed by atoms with Crippen LogP contribution in [0.25, 0.3) is 0 Å². The fraction of sp³-hybridized carbons (Fsp3) is 0.737. The number of hydrogen-bond donors (Lipinski definition) is 0. The number of carbonyl (C=O) groups excluding carboxylic acids is 3. The summed E-state index contributed by atoms with van der Waals surface area (Å²) in [6.45, 7) is 6.38. The zero-order valence-electron chi connectivity index (χ0n) is 41.3. The van der Waals surface area contributed by atoms with Gasteiger partial charge in [0.05, 0.1) is 0 Å². The summed E-state index contributed by atoms with van der Waals surface area (Å²) in [5.41, 5.74) is 0. The van der Waals surface area contributed by atoms with E-state index < -0.39 is 6.10 Å². The van der Waals surface area contributed by atoms with E-state index in [1.54, 1.807) is 0 Å². The highest BCUT2D eigenvalue weighted by molar-refractivity contribution is 5.71. The lowest BCUT2D eigenvalue weighted by atomic mass is 10.1. The van der Waals surface area contributed by atoms with Crippen LogP contribution in [-0.4, -0.2) is 37.2 Å². The first-order chi connectivity index (χ1) is 31.0. The van der Waals surface area contributed by atoms with Gasteiger partial charge >= 0.3 is 17.9 Å². The fourth-order valence-electron chi connectivity index (χ4n) is 7.30. The lowest BCUT2D eigenvalue weighted by Crippen LogP contribution is -2.30. The molecule has 0 saturated heterocycles. The van der Waals surface area contributed by atoms with Gasteiger partial charge in [0.25, 0.3) is 0 Å². The molecule has 0 aliphatic rings. The molecule has 0 heterocycles. The molecule has 6 nitrogen and oxygen atoms in total. The molecule has 1 unspecified atom stereocenters. The van der Waals surface area contributed by atoms with Gasteiger partial charge in [0.15, 0.2) is 6.10 Å². The van der Waals surface area contributed by atoms with Crippen molar-refractivity contribution in [3.8, 4) is 0 Å². The van der Waals surface area contributed by atoms with E-state index >= 15 is 0 Å². The van der Waals surface area contributed by atoms with Gasteiger partial charge in [-0.05, 0) is 89.9 Å². The summed E-state index contributed by atoms with van der Waals surface area (Å²) in [6, 6.07) is 0. The quantitative estimate of drug-likeness (QED) is 0.0199. The summed E-state index contributed by atoms with van der Waals surface area (Å²) in [5.74, 6) is -0.924. The van der Waals surface area contributed by atoms with Crippen molar-refractivity contribution in [1.29, 1.82) is 0 Å². The summed E-state index contributed by atoms with van der Waals surface area (Å²) < 4.78 is 16.8. The molecule has 0 aromatic rings. The first-order valence-electron chi connectivity index (χ1n) is 26.5. The molecule has 0 bridgehead atoms. The Morgan fingerprint density at radius 1 is 0.349 bits per heavy atom. The van der Waals surface area contributed by atoms with Crippen LogP contribution in [-0.2, 0) is 28.6 Å². The monoisotopic (exact) mass is 879 g/mol. The van der Waals surface area contributed by atoms with Crippen LogP contribution in [0.5, 0.6) is 0 Å². The molecular formula is C57H98O6. The molecule has 0 N–H and O–H groups in total.